The van der Waals surface area contributed by atoms with E-state index in [1.807, 2.05) is 0 Å². The Labute approximate surface area is 94.6 Å². The number of halogens is 2. The predicted octanol–water partition coefficient (Wildman–Crippen LogP) is 2.26. The first kappa shape index (κ1) is 12.4. The second kappa shape index (κ2) is 4.92. The molecule has 1 rings (SSSR count). The molecule has 1 aromatic rings. The maximum absolute atomic E-state index is 13.0. The third kappa shape index (κ3) is 3.16. The number of hydrogen-bond donors (Lipinski definition) is 2. The van der Waals surface area contributed by atoms with Crippen molar-refractivity contribution in [3.05, 3.63) is 34.6 Å². The Hall–Kier alpha value is -0.640. The van der Waals surface area contributed by atoms with Gasteiger partial charge in [-0.2, -0.15) is 0 Å². The monoisotopic (exact) mass is 230 g/mol. The third-order valence-corrected chi connectivity index (χ3v) is 2.70. The summed E-state index contributed by atoms with van der Waals surface area (Å²) in [7, 11) is 0. The lowest BCUT2D eigenvalue weighted by atomic mass is 9.84. The summed E-state index contributed by atoms with van der Waals surface area (Å²) in [6.07, 6.45) is 0. The summed E-state index contributed by atoms with van der Waals surface area (Å²) in [5.74, 6) is -0.386. The molecule has 0 atom stereocenters. The second-order valence-electron chi connectivity index (χ2n) is 4.14. The smallest absolute Gasteiger partial charge is 0.141 e. The number of hydrogen-bond acceptors (Lipinski definition) is 2. The van der Waals surface area contributed by atoms with Gasteiger partial charge in [0.25, 0.3) is 0 Å². The minimum atomic E-state index is -0.386. The quantitative estimate of drug-likeness (QED) is 0.779. The van der Waals surface area contributed by atoms with Gasteiger partial charge < -0.3 is 11.1 Å². The summed E-state index contributed by atoms with van der Waals surface area (Å²) in [5.41, 5.74) is 6.25. The van der Waals surface area contributed by atoms with Gasteiger partial charge in [-0.1, -0.05) is 31.5 Å². The highest BCUT2D eigenvalue weighted by molar-refractivity contribution is 6.30. The van der Waals surface area contributed by atoms with Crippen LogP contribution >= 0.6 is 11.6 Å². The Kier molecular flexibility index (Phi) is 4.08. The lowest BCUT2D eigenvalue weighted by Gasteiger charge is -2.25. The van der Waals surface area contributed by atoms with Gasteiger partial charge in [0.05, 0.1) is 5.02 Å². The van der Waals surface area contributed by atoms with Gasteiger partial charge in [-0.25, -0.2) is 4.39 Å². The van der Waals surface area contributed by atoms with E-state index < -0.39 is 0 Å². The molecule has 0 saturated carbocycles. The Morgan fingerprint density at radius 3 is 2.67 bits per heavy atom. The van der Waals surface area contributed by atoms with E-state index in [1.54, 1.807) is 12.1 Å². The molecule has 3 N–H and O–H groups in total. The van der Waals surface area contributed by atoms with Crippen LogP contribution in [-0.4, -0.2) is 13.2 Å². The van der Waals surface area contributed by atoms with Crippen molar-refractivity contribution >= 4 is 11.6 Å². The molecule has 0 radical (unpaired) electrons. The molecule has 0 amide bonds. The number of nitrogens with two attached hydrogens (primary N) is 1. The van der Waals surface area contributed by atoms with E-state index in [1.165, 1.54) is 6.07 Å². The summed E-state index contributed by atoms with van der Waals surface area (Å²) in [5, 5.41) is 3.22. The van der Waals surface area contributed by atoms with Gasteiger partial charge in [-0.15, -0.1) is 0 Å². The molecule has 0 fully saturated rings. The molecule has 0 bridgehead atoms. The zero-order valence-electron chi connectivity index (χ0n) is 8.98. The van der Waals surface area contributed by atoms with E-state index in [9.17, 15) is 4.39 Å². The lowest BCUT2D eigenvalue weighted by Crippen LogP contribution is -2.36. The van der Waals surface area contributed by atoms with E-state index in [-0.39, 0.29) is 16.3 Å². The maximum atomic E-state index is 13.0. The van der Waals surface area contributed by atoms with Crippen LogP contribution < -0.4 is 11.1 Å². The summed E-state index contributed by atoms with van der Waals surface area (Å²) in [4.78, 5) is 0. The van der Waals surface area contributed by atoms with E-state index in [2.05, 4.69) is 19.2 Å². The second-order valence-corrected chi connectivity index (χ2v) is 4.55. The van der Waals surface area contributed by atoms with Gasteiger partial charge in [-0.3, -0.25) is 0 Å². The summed E-state index contributed by atoms with van der Waals surface area (Å²) >= 11 is 5.73. The Morgan fingerprint density at radius 2 is 2.13 bits per heavy atom. The molecular weight excluding hydrogens is 215 g/mol. The maximum Gasteiger partial charge on any atom is 0.141 e. The molecule has 4 heteroatoms. The molecule has 0 aliphatic rings. The minimum absolute atomic E-state index is 0.114. The molecular formula is C11H16ClFN2. The number of nitrogens with one attached hydrogen (secondary N) is 1. The zero-order chi connectivity index (χ0) is 11.5. The zero-order valence-corrected chi connectivity index (χ0v) is 9.74. The number of benzene rings is 1. The molecule has 0 unspecified atom stereocenters. The Bertz CT molecular complexity index is 339. The van der Waals surface area contributed by atoms with Crippen molar-refractivity contribution in [2.24, 2.45) is 5.73 Å². The van der Waals surface area contributed by atoms with Gasteiger partial charge in [0.2, 0.25) is 0 Å². The van der Waals surface area contributed by atoms with Crippen molar-refractivity contribution in [1.82, 2.24) is 5.32 Å². The van der Waals surface area contributed by atoms with Gasteiger partial charge in [0, 0.05) is 18.6 Å². The van der Waals surface area contributed by atoms with Crippen molar-refractivity contribution in [3.8, 4) is 0 Å². The van der Waals surface area contributed by atoms with Crippen LogP contribution in [0.5, 0.6) is 0 Å². The van der Waals surface area contributed by atoms with Crippen molar-refractivity contribution in [2.75, 3.05) is 13.2 Å². The third-order valence-electron chi connectivity index (χ3n) is 2.41. The predicted molar refractivity (Wildman–Crippen MR) is 61.5 cm³/mol. The molecule has 0 aliphatic carbocycles. The fourth-order valence-corrected chi connectivity index (χ4v) is 1.58. The van der Waals surface area contributed by atoms with Crippen LogP contribution in [0.3, 0.4) is 0 Å². The highest BCUT2D eigenvalue weighted by Crippen LogP contribution is 2.26. The molecule has 1 aromatic carbocycles. The first-order chi connectivity index (χ1) is 6.97. The van der Waals surface area contributed by atoms with E-state index in [0.29, 0.717) is 6.67 Å². The van der Waals surface area contributed by atoms with Gasteiger partial charge in [-0.05, 0) is 17.7 Å². The Balaban J connectivity index is 2.89. The molecule has 0 aliphatic heterocycles. The van der Waals surface area contributed by atoms with Crippen LogP contribution in [0.4, 0.5) is 4.39 Å². The van der Waals surface area contributed by atoms with E-state index in [0.717, 1.165) is 12.1 Å². The van der Waals surface area contributed by atoms with E-state index >= 15 is 0 Å². The highest BCUT2D eigenvalue weighted by atomic mass is 35.5. The van der Waals surface area contributed by atoms with Crippen LogP contribution in [0.1, 0.15) is 19.4 Å². The molecule has 2 nitrogen and oxygen atoms in total. The fourth-order valence-electron chi connectivity index (χ4n) is 1.40. The number of rotatable bonds is 4. The highest BCUT2D eigenvalue weighted by Gasteiger charge is 2.20. The fraction of sp³-hybridized carbons (Fsp3) is 0.455. The average molecular weight is 231 g/mol. The molecule has 15 heavy (non-hydrogen) atoms. The standard InChI is InChI=1S/C11H16ClFN2/c1-11(2,6-15-7-14)8-3-4-10(13)9(12)5-8/h3-5,15H,6-7,14H2,1-2H3. The SMILES string of the molecule is CC(C)(CNCN)c1ccc(F)c(Cl)c1. The summed E-state index contributed by atoms with van der Waals surface area (Å²) in [6, 6.07) is 4.80. The van der Waals surface area contributed by atoms with Crippen LogP contribution in [0.25, 0.3) is 0 Å². The van der Waals surface area contributed by atoms with Crippen molar-refractivity contribution in [3.63, 3.8) is 0 Å². The van der Waals surface area contributed by atoms with Crippen LogP contribution in [-0.2, 0) is 5.41 Å². The van der Waals surface area contributed by atoms with Crippen molar-refractivity contribution in [2.45, 2.75) is 19.3 Å². The molecule has 0 aromatic heterocycles. The lowest BCUT2D eigenvalue weighted by molar-refractivity contribution is 0.473. The molecule has 0 spiro atoms. The average Bonchev–Trinajstić information content (AvgIpc) is 2.19. The summed E-state index contributed by atoms with van der Waals surface area (Å²) < 4.78 is 13.0. The van der Waals surface area contributed by atoms with Crippen molar-refractivity contribution in [1.29, 1.82) is 0 Å². The van der Waals surface area contributed by atoms with Crippen LogP contribution in [0.2, 0.25) is 5.02 Å². The van der Waals surface area contributed by atoms with Crippen molar-refractivity contribution < 1.29 is 4.39 Å². The van der Waals surface area contributed by atoms with Crippen LogP contribution in [0.15, 0.2) is 18.2 Å². The normalized spacial score (nSPS) is 11.8. The molecule has 0 saturated heterocycles. The van der Waals surface area contributed by atoms with Gasteiger partial charge >= 0.3 is 0 Å². The molecule has 84 valence electrons. The molecule has 0 heterocycles. The Morgan fingerprint density at radius 1 is 1.47 bits per heavy atom. The largest absolute Gasteiger partial charge is 0.318 e. The van der Waals surface area contributed by atoms with Crippen LogP contribution in [0, 0.1) is 5.82 Å². The van der Waals surface area contributed by atoms with Gasteiger partial charge in [0.1, 0.15) is 5.82 Å². The first-order valence-electron chi connectivity index (χ1n) is 4.83. The first-order valence-corrected chi connectivity index (χ1v) is 5.21. The minimum Gasteiger partial charge on any atom is -0.318 e. The topological polar surface area (TPSA) is 38.0 Å². The van der Waals surface area contributed by atoms with Gasteiger partial charge in [0.15, 0.2) is 0 Å². The summed E-state index contributed by atoms with van der Waals surface area (Å²) in [6.45, 7) is 5.27. The van der Waals surface area contributed by atoms with E-state index in [4.69, 9.17) is 17.3 Å².